The Morgan fingerprint density at radius 3 is 2.58 bits per heavy atom. The minimum atomic E-state index is -0.646. The number of hydrogen-bond donors (Lipinski definition) is 3. The Balaban J connectivity index is 1.25. The summed E-state index contributed by atoms with van der Waals surface area (Å²) in [6.45, 7) is 3.98. The third kappa shape index (κ3) is 5.50. The summed E-state index contributed by atoms with van der Waals surface area (Å²) in [5.74, 6) is 1.31. The van der Waals surface area contributed by atoms with E-state index in [0.717, 1.165) is 25.7 Å². The van der Waals surface area contributed by atoms with E-state index < -0.39 is 6.17 Å². The second-order valence-corrected chi connectivity index (χ2v) is 11.1. The average Bonchev–Trinajstić information content (AvgIpc) is 2.89. The minimum absolute atomic E-state index is 0.00410. The lowest BCUT2D eigenvalue weighted by Gasteiger charge is -2.40. The highest BCUT2D eigenvalue weighted by Crippen LogP contribution is 2.45. The van der Waals surface area contributed by atoms with Crippen molar-refractivity contribution < 1.29 is 23.4 Å². The first-order valence-electron chi connectivity index (χ1n) is 13.3. The number of H-pyrrole nitrogens is 1. The normalized spacial score (nSPS) is 26.4. The number of amides is 1. The first kappa shape index (κ1) is 26.8. The smallest absolute Gasteiger partial charge is 0.256 e. The van der Waals surface area contributed by atoms with Crippen molar-refractivity contribution in [1.82, 2.24) is 15.6 Å². The predicted octanol–water partition coefficient (Wildman–Crippen LogP) is 4.37. The van der Waals surface area contributed by atoms with Gasteiger partial charge >= 0.3 is 0 Å². The van der Waals surface area contributed by atoms with E-state index in [4.69, 9.17) is 25.8 Å². The summed E-state index contributed by atoms with van der Waals surface area (Å²) in [6, 6.07) is 4.02. The van der Waals surface area contributed by atoms with E-state index in [2.05, 4.69) is 15.6 Å². The molecule has 1 unspecified atom stereocenters. The molecule has 0 saturated heterocycles. The molecule has 1 amide bonds. The number of aryl methyl sites for hydroxylation is 1. The monoisotopic (exact) mass is 547 g/mol. The Morgan fingerprint density at radius 1 is 1.16 bits per heavy atom. The van der Waals surface area contributed by atoms with Crippen LogP contribution in [0.4, 0.5) is 4.39 Å². The fourth-order valence-electron chi connectivity index (χ4n) is 5.77. The predicted molar refractivity (Wildman–Crippen MR) is 142 cm³/mol. The van der Waals surface area contributed by atoms with Crippen LogP contribution in [0.5, 0.6) is 17.2 Å². The summed E-state index contributed by atoms with van der Waals surface area (Å²) in [7, 11) is 1.48. The zero-order chi connectivity index (χ0) is 27.0. The molecule has 8 nitrogen and oxygen atoms in total. The standard InChI is InChI=1S/C28H35ClFN3O5/c1-14-8-23(36-3)21(28(35)32-14)12-31-27(34)20-11-22(29)26-25(15(20)2)38-24(13-37-26)16-4-6-18(7-5-16)33-19-9-17(30)10-19/h8,11,16-19,24,33H,4-7,9-10,12-13H2,1-3H3,(H,31,34)(H,32,35). The number of rotatable bonds is 7. The van der Waals surface area contributed by atoms with Crippen LogP contribution in [0.15, 0.2) is 16.9 Å². The third-order valence-corrected chi connectivity index (χ3v) is 8.35. The molecule has 5 rings (SSSR count). The Labute approximate surface area is 226 Å². The maximum absolute atomic E-state index is 13.2. The number of pyridine rings is 1. The number of carbonyl (C=O) groups excluding carboxylic acids is 1. The van der Waals surface area contributed by atoms with E-state index in [1.165, 1.54) is 7.11 Å². The molecule has 2 fully saturated rings. The zero-order valence-electron chi connectivity index (χ0n) is 22.0. The van der Waals surface area contributed by atoms with Gasteiger partial charge in [-0.1, -0.05) is 11.6 Å². The Bertz CT molecular complexity index is 1250. The number of aromatic amines is 1. The van der Waals surface area contributed by atoms with Crippen molar-refractivity contribution in [2.24, 2.45) is 5.92 Å². The number of halogens is 2. The van der Waals surface area contributed by atoms with E-state index in [9.17, 15) is 14.0 Å². The Hall–Kier alpha value is -2.78. The SMILES string of the molecule is COc1cc(C)[nH]c(=O)c1CNC(=O)c1cc(Cl)c2c(c1C)OC(C1CCC(NC3CC(F)C3)CC1)CO2. The highest BCUT2D eigenvalue weighted by Gasteiger charge is 2.37. The zero-order valence-corrected chi connectivity index (χ0v) is 22.8. The maximum atomic E-state index is 13.2. The van der Waals surface area contributed by atoms with E-state index in [1.54, 1.807) is 19.1 Å². The van der Waals surface area contributed by atoms with Gasteiger partial charge < -0.3 is 29.8 Å². The highest BCUT2D eigenvalue weighted by molar-refractivity contribution is 6.32. The molecule has 1 aromatic carbocycles. The van der Waals surface area contributed by atoms with Crippen LogP contribution in [-0.2, 0) is 6.54 Å². The van der Waals surface area contributed by atoms with Gasteiger partial charge in [0.05, 0.1) is 24.2 Å². The van der Waals surface area contributed by atoms with Gasteiger partial charge in [-0.25, -0.2) is 4.39 Å². The lowest BCUT2D eigenvalue weighted by Crippen LogP contribution is -2.49. The molecular formula is C28H35ClFN3O5. The fourth-order valence-corrected chi connectivity index (χ4v) is 6.02. The number of hydrogen-bond acceptors (Lipinski definition) is 6. The molecule has 38 heavy (non-hydrogen) atoms. The quantitative estimate of drug-likeness (QED) is 0.476. The number of fused-ring (bicyclic) bond motifs is 1. The number of carbonyl (C=O) groups is 1. The fraction of sp³-hybridized carbons (Fsp3) is 0.571. The molecule has 1 aromatic heterocycles. The lowest BCUT2D eigenvalue weighted by molar-refractivity contribution is 0.0275. The molecule has 2 saturated carbocycles. The molecule has 2 heterocycles. The third-order valence-electron chi connectivity index (χ3n) is 8.07. The maximum Gasteiger partial charge on any atom is 0.256 e. The van der Waals surface area contributed by atoms with Gasteiger partial charge in [0, 0.05) is 28.9 Å². The van der Waals surface area contributed by atoms with Gasteiger partial charge in [-0.05, 0) is 70.4 Å². The van der Waals surface area contributed by atoms with Crippen LogP contribution in [0.3, 0.4) is 0 Å². The van der Waals surface area contributed by atoms with E-state index in [1.807, 2.05) is 6.92 Å². The molecular weight excluding hydrogens is 513 g/mol. The summed E-state index contributed by atoms with van der Waals surface area (Å²) < 4.78 is 30.9. The van der Waals surface area contributed by atoms with Crippen molar-refractivity contribution in [2.75, 3.05) is 13.7 Å². The first-order chi connectivity index (χ1) is 18.2. The lowest BCUT2D eigenvalue weighted by atomic mass is 9.81. The van der Waals surface area contributed by atoms with Gasteiger partial charge in [0.15, 0.2) is 11.5 Å². The van der Waals surface area contributed by atoms with Crippen molar-refractivity contribution in [3.63, 3.8) is 0 Å². The summed E-state index contributed by atoms with van der Waals surface area (Å²) in [6.07, 6.45) is 4.50. The van der Waals surface area contributed by atoms with Crippen LogP contribution in [0.1, 0.15) is 65.7 Å². The van der Waals surface area contributed by atoms with Crippen LogP contribution in [0.2, 0.25) is 5.02 Å². The molecule has 10 heteroatoms. The topological polar surface area (TPSA) is 102 Å². The van der Waals surface area contributed by atoms with Gasteiger partial charge in [-0.15, -0.1) is 0 Å². The van der Waals surface area contributed by atoms with Crippen LogP contribution in [0, 0.1) is 19.8 Å². The second-order valence-electron chi connectivity index (χ2n) is 10.7. The number of alkyl halides is 1. The Morgan fingerprint density at radius 2 is 1.89 bits per heavy atom. The summed E-state index contributed by atoms with van der Waals surface area (Å²) in [5, 5.41) is 6.71. The molecule has 1 aliphatic heterocycles. The highest BCUT2D eigenvalue weighted by atomic mass is 35.5. The van der Waals surface area contributed by atoms with Crippen molar-refractivity contribution in [1.29, 1.82) is 0 Å². The number of ether oxygens (including phenoxy) is 3. The summed E-state index contributed by atoms with van der Waals surface area (Å²) in [4.78, 5) is 28.3. The number of aromatic nitrogens is 1. The van der Waals surface area contributed by atoms with Gasteiger partial charge in [0.25, 0.3) is 11.5 Å². The van der Waals surface area contributed by atoms with Crippen molar-refractivity contribution in [2.45, 2.75) is 83.3 Å². The number of methoxy groups -OCH3 is 1. The summed E-state index contributed by atoms with van der Waals surface area (Å²) in [5.41, 5.74) is 1.69. The minimum Gasteiger partial charge on any atom is -0.496 e. The molecule has 0 spiro atoms. The van der Waals surface area contributed by atoms with Crippen molar-refractivity contribution in [3.05, 3.63) is 49.9 Å². The van der Waals surface area contributed by atoms with Crippen molar-refractivity contribution >= 4 is 17.5 Å². The van der Waals surface area contributed by atoms with E-state index in [0.29, 0.717) is 82.1 Å². The van der Waals surface area contributed by atoms with Gasteiger partial charge in [0.1, 0.15) is 24.6 Å². The Kier molecular flexibility index (Phi) is 7.86. The van der Waals surface area contributed by atoms with Crippen LogP contribution in [0.25, 0.3) is 0 Å². The molecule has 0 radical (unpaired) electrons. The van der Waals surface area contributed by atoms with Gasteiger partial charge in [-0.2, -0.15) is 0 Å². The first-order valence-corrected chi connectivity index (χ1v) is 13.7. The molecule has 3 aliphatic rings. The molecule has 2 aromatic rings. The molecule has 2 aliphatic carbocycles. The molecule has 206 valence electrons. The molecule has 1 atom stereocenters. The largest absolute Gasteiger partial charge is 0.496 e. The van der Waals surface area contributed by atoms with E-state index in [-0.39, 0.29) is 24.1 Å². The molecule has 3 N–H and O–H groups in total. The number of benzene rings is 1. The average molecular weight is 548 g/mol. The van der Waals surface area contributed by atoms with Gasteiger partial charge in [0.2, 0.25) is 0 Å². The summed E-state index contributed by atoms with van der Waals surface area (Å²) >= 11 is 6.51. The molecule has 0 bridgehead atoms. The van der Waals surface area contributed by atoms with Crippen molar-refractivity contribution in [3.8, 4) is 17.2 Å². The van der Waals surface area contributed by atoms with Crippen LogP contribution in [-0.4, -0.2) is 49.0 Å². The number of nitrogens with one attached hydrogen (secondary N) is 3. The van der Waals surface area contributed by atoms with Crippen LogP contribution < -0.4 is 30.4 Å². The second kappa shape index (κ2) is 11.1. The van der Waals surface area contributed by atoms with E-state index >= 15 is 0 Å². The van der Waals surface area contributed by atoms with Crippen LogP contribution >= 0.6 is 11.6 Å². The van der Waals surface area contributed by atoms with Gasteiger partial charge in [-0.3, -0.25) is 9.59 Å².